The Kier molecular flexibility index (Phi) is 5.83. The summed E-state index contributed by atoms with van der Waals surface area (Å²) in [6.45, 7) is 9.77. The monoisotopic (exact) mass is 216 g/mol. The highest BCUT2D eigenvalue weighted by Crippen LogP contribution is 2.08. The Morgan fingerprint density at radius 1 is 1.33 bits per heavy atom. The van der Waals surface area contributed by atoms with Crippen molar-refractivity contribution < 1.29 is 9.90 Å². The average Bonchev–Trinajstić information content (AvgIpc) is 2.01. The second-order valence-corrected chi connectivity index (χ2v) is 4.89. The first-order chi connectivity index (χ1) is 6.78. The molecular formula is C11H24N2O2. The molecule has 0 aromatic heterocycles. The van der Waals surface area contributed by atoms with Crippen LogP contribution in [-0.2, 0) is 4.79 Å². The minimum Gasteiger partial charge on any atom is -0.396 e. The van der Waals surface area contributed by atoms with Crippen LogP contribution in [0.4, 0.5) is 0 Å². The molecule has 0 bridgehead atoms. The molecule has 0 radical (unpaired) electrons. The number of hydrogen-bond donors (Lipinski definition) is 3. The first-order valence-electron chi connectivity index (χ1n) is 5.47. The van der Waals surface area contributed by atoms with Crippen molar-refractivity contribution in [2.24, 2.45) is 0 Å². The van der Waals surface area contributed by atoms with Crippen LogP contribution in [-0.4, -0.2) is 35.2 Å². The third-order valence-corrected chi connectivity index (χ3v) is 2.17. The van der Waals surface area contributed by atoms with Gasteiger partial charge in [-0.05, 0) is 41.0 Å². The van der Waals surface area contributed by atoms with Crippen molar-refractivity contribution in [1.29, 1.82) is 0 Å². The fourth-order valence-electron chi connectivity index (χ4n) is 1.41. The third kappa shape index (κ3) is 6.47. The summed E-state index contributed by atoms with van der Waals surface area (Å²) in [6.07, 6.45) is 0.631. The SMILES string of the molecule is CC(C)NC(=O)C(C)NC(C)(C)CCO. The highest BCUT2D eigenvalue weighted by molar-refractivity contribution is 5.81. The Labute approximate surface area is 92.4 Å². The van der Waals surface area contributed by atoms with E-state index in [4.69, 9.17) is 5.11 Å². The van der Waals surface area contributed by atoms with Crippen LogP contribution in [0, 0.1) is 0 Å². The number of rotatable bonds is 6. The summed E-state index contributed by atoms with van der Waals surface area (Å²) in [6, 6.07) is -0.0864. The van der Waals surface area contributed by atoms with Crippen molar-refractivity contribution in [3.8, 4) is 0 Å². The number of hydrogen-bond acceptors (Lipinski definition) is 3. The van der Waals surface area contributed by atoms with E-state index in [-0.39, 0.29) is 30.1 Å². The topological polar surface area (TPSA) is 61.4 Å². The molecule has 4 nitrogen and oxygen atoms in total. The summed E-state index contributed by atoms with van der Waals surface area (Å²) in [5.74, 6) is -0.00369. The van der Waals surface area contributed by atoms with E-state index in [1.165, 1.54) is 0 Å². The van der Waals surface area contributed by atoms with Crippen molar-refractivity contribution in [2.75, 3.05) is 6.61 Å². The van der Waals surface area contributed by atoms with Crippen molar-refractivity contribution in [3.05, 3.63) is 0 Å². The molecule has 1 amide bonds. The van der Waals surface area contributed by atoms with Gasteiger partial charge in [0, 0.05) is 18.2 Å². The highest BCUT2D eigenvalue weighted by atomic mass is 16.3. The van der Waals surface area contributed by atoms with Gasteiger partial charge in [0.25, 0.3) is 0 Å². The number of carbonyl (C=O) groups excluding carboxylic acids is 1. The molecule has 3 N–H and O–H groups in total. The predicted octanol–water partition coefficient (Wildman–Crippen LogP) is 0.650. The van der Waals surface area contributed by atoms with Gasteiger partial charge < -0.3 is 15.7 Å². The van der Waals surface area contributed by atoms with Gasteiger partial charge in [0.15, 0.2) is 0 Å². The van der Waals surface area contributed by atoms with Gasteiger partial charge in [-0.1, -0.05) is 0 Å². The molecule has 0 fully saturated rings. The molecule has 0 saturated carbocycles. The molecule has 0 aliphatic carbocycles. The average molecular weight is 216 g/mol. The minimum absolute atomic E-state index is 0.00369. The van der Waals surface area contributed by atoms with E-state index in [0.29, 0.717) is 6.42 Å². The maximum Gasteiger partial charge on any atom is 0.237 e. The van der Waals surface area contributed by atoms with Gasteiger partial charge in [-0.3, -0.25) is 4.79 Å². The van der Waals surface area contributed by atoms with Gasteiger partial charge >= 0.3 is 0 Å². The van der Waals surface area contributed by atoms with Crippen LogP contribution in [0.15, 0.2) is 0 Å². The molecule has 1 atom stereocenters. The van der Waals surface area contributed by atoms with Gasteiger partial charge in [-0.15, -0.1) is 0 Å². The minimum atomic E-state index is -0.242. The number of carbonyl (C=O) groups is 1. The molecule has 0 aliphatic heterocycles. The van der Waals surface area contributed by atoms with E-state index >= 15 is 0 Å². The van der Waals surface area contributed by atoms with Gasteiger partial charge in [-0.2, -0.15) is 0 Å². The van der Waals surface area contributed by atoms with Crippen molar-refractivity contribution in [2.45, 2.75) is 58.7 Å². The summed E-state index contributed by atoms with van der Waals surface area (Å²) in [4.78, 5) is 11.6. The zero-order chi connectivity index (χ0) is 12.1. The lowest BCUT2D eigenvalue weighted by atomic mass is 10.00. The molecule has 0 saturated heterocycles. The number of aliphatic hydroxyl groups excluding tert-OH is 1. The van der Waals surface area contributed by atoms with E-state index in [2.05, 4.69) is 10.6 Å². The molecule has 0 aromatic carbocycles. The molecule has 0 rings (SSSR count). The summed E-state index contributed by atoms with van der Waals surface area (Å²) < 4.78 is 0. The molecular weight excluding hydrogens is 192 g/mol. The molecule has 1 unspecified atom stereocenters. The van der Waals surface area contributed by atoms with Gasteiger partial charge in [0.05, 0.1) is 6.04 Å². The lowest BCUT2D eigenvalue weighted by Gasteiger charge is -2.29. The summed E-state index contributed by atoms with van der Waals surface area (Å²) in [7, 11) is 0. The first-order valence-corrected chi connectivity index (χ1v) is 5.47. The Bertz CT molecular complexity index is 203. The maximum atomic E-state index is 11.6. The van der Waals surface area contributed by atoms with Crippen LogP contribution >= 0.6 is 0 Å². The van der Waals surface area contributed by atoms with Crippen LogP contribution in [0.2, 0.25) is 0 Å². The second-order valence-electron chi connectivity index (χ2n) is 4.89. The lowest BCUT2D eigenvalue weighted by Crippen LogP contribution is -2.52. The van der Waals surface area contributed by atoms with Crippen molar-refractivity contribution in [3.63, 3.8) is 0 Å². The molecule has 4 heteroatoms. The van der Waals surface area contributed by atoms with Gasteiger partial charge in [0.1, 0.15) is 0 Å². The Morgan fingerprint density at radius 2 is 1.87 bits per heavy atom. The molecule has 15 heavy (non-hydrogen) atoms. The normalized spacial score (nSPS) is 14.1. The van der Waals surface area contributed by atoms with E-state index < -0.39 is 0 Å². The fourth-order valence-corrected chi connectivity index (χ4v) is 1.41. The summed E-state index contributed by atoms with van der Waals surface area (Å²) in [5.41, 5.74) is -0.220. The van der Waals surface area contributed by atoms with Crippen molar-refractivity contribution >= 4 is 5.91 Å². The summed E-state index contributed by atoms with van der Waals surface area (Å²) >= 11 is 0. The van der Waals surface area contributed by atoms with Crippen LogP contribution in [0.1, 0.15) is 41.0 Å². The van der Waals surface area contributed by atoms with E-state index in [1.807, 2.05) is 34.6 Å². The number of amides is 1. The predicted molar refractivity (Wildman–Crippen MR) is 61.7 cm³/mol. The zero-order valence-corrected chi connectivity index (χ0v) is 10.4. The lowest BCUT2D eigenvalue weighted by molar-refractivity contribution is -0.123. The fraction of sp³-hybridized carbons (Fsp3) is 0.909. The van der Waals surface area contributed by atoms with E-state index in [0.717, 1.165) is 0 Å². The third-order valence-electron chi connectivity index (χ3n) is 2.17. The van der Waals surface area contributed by atoms with E-state index in [1.54, 1.807) is 0 Å². The number of aliphatic hydroxyl groups is 1. The molecule has 0 aromatic rings. The maximum absolute atomic E-state index is 11.6. The highest BCUT2D eigenvalue weighted by Gasteiger charge is 2.23. The first kappa shape index (κ1) is 14.4. The van der Waals surface area contributed by atoms with Crippen molar-refractivity contribution in [1.82, 2.24) is 10.6 Å². The quantitative estimate of drug-likeness (QED) is 0.611. The zero-order valence-electron chi connectivity index (χ0n) is 10.4. The molecule has 90 valence electrons. The van der Waals surface area contributed by atoms with Gasteiger partial charge in [-0.25, -0.2) is 0 Å². The molecule has 0 spiro atoms. The smallest absolute Gasteiger partial charge is 0.237 e. The van der Waals surface area contributed by atoms with Gasteiger partial charge in [0.2, 0.25) is 5.91 Å². The Morgan fingerprint density at radius 3 is 2.27 bits per heavy atom. The second kappa shape index (κ2) is 6.08. The summed E-state index contributed by atoms with van der Waals surface area (Å²) in [5, 5.41) is 14.9. The number of nitrogens with one attached hydrogen (secondary N) is 2. The molecule has 0 aliphatic rings. The Hall–Kier alpha value is -0.610. The van der Waals surface area contributed by atoms with Crippen LogP contribution in [0.3, 0.4) is 0 Å². The van der Waals surface area contributed by atoms with Crippen LogP contribution < -0.4 is 10.6 Å². The Balaban J connectivity index is 4.11. The van der Waals surface area contributed by atoms with Crippen LogP contribution in [0.5, 0.6) is 0 Å². The van der Waals surface area contributed by atoms with Crippen LogP contribution in [0.25, 0.3) is 0 Å². The van der Waals surface area contributed by atoms with E-state index in [9.17, 15) is 4.79 Å². The standard InChI is InChI=1S/C11H24N2O2/c1-8(2)12-10(15)9(3)13-11(4,5)6-7-14/h8-9,13-14H,6-7H2,1-5H3,(H,12,15). The molecule has 0 heterocycles. The largest absolute Gasteiger partial charge is 0.396 e.